The van der Waals surface area contributed by atoms with Gasteiger partial charge in [-0.15, -0.1) is 0 Å². The summed E-state index contributed by atoms with van der Waals surface area (Å²) in [5, 5.41) is 18.9. The highest BCUT2D eigenvalue weighted by atomic mass is 16.5. The van der Waals surface area contributed by atoms with Crippen molar-refractivity contribution in [2.24, 2.45) is 0 Å². The van der Waals surface area contributed by atoms with Crippen molar-refractivity contribution in [2.45, 2.75) is 37.5 Å². The van der Waals surface area contributed by atoms with Crippen molar-refractivity contribution in [3.63, 3.8) is 0 Å². The van der Waals surface area contributed by atoms with Gasteiger partial charge in [0.25, 0.3) is 0 Å². The normalized spacial score (nSPS) is 33.5. The van der Waals surface area contributed by atoms with Gasteiger partial charge in [0.15, 0.2) is 5.65 Å². The summed E-state index contributed by atoms with van der Waals surface area (Å²) in [5.74, 6) is 0. The van der Waals surface area contributed by atoms with Gasteiger partial charge >= 0.3 is 0 Å². The molecule has 2 aliphatic heterocycles. The first kappa shape index (κ1) is 12.3. The molecular weight excluding hydrogens is 256 g/mol. The first-order valence-corrected chi connectivity index (χ1v) is 7.01. The van der Waals surface area contributed by atoms with E-state index in [1.165, 1.54) is 0 Å². The number of piperidine rings is 1. The van der Waals surface area contributed by atoms with Crippen LogP contribution in [0.15, 0.2) is 18.5 Å². The van der Waals surface area contributed by atoms with Gasteiger partial charge in [0, 0.05) is 36.1 Å². The van der Waals surface area contributed by atoms with Crippen LogP contribution in [0.4, 0.5) is 0 Å². The molecule has 6 nitrogen and oxygen atoms in total. The molecule has 0 radical (unpaired) electrons. The van der Waals surface area contributed by atoms with Crippen molar-refractivity contribution in [1.82, 2.24) is 19.9 Å². The minimum atomic E-state index is -0.842. The van der Waals surface area contributed by atoms with Crippen molar-refractivity contribution < 1.29 is 9.84 Å². The molecule has 0 amide bonds. The van der Waals surface area contributed by atoms with Crippen LogP contribution in [0.5, 0.6) is 0 Å². The number of nitrogens with one attached hydrogen (secondary N) is 1. The Morgan fingerprint density at radius 3 is 2.90 bits per heavy atom. The number of fused-ring (bicyclic) bond motifs is 3. The highest BCUT2D eigenvalue weighted by Crippen LogP contribution is 2.36. The summed E-state index contributed by atoms with van der Waals surface area (Å²) in [7, 11) is 0. The van der Waals surface area contributed by atoms with Crippen molar-refractivity contribution in [2.75, 3.05) is 13.2 Å². The Morgan fingerprint density at radius 1 is 1.40 bits per heavy atom. The zero-order valence-electron chi connectivity index (χ0n) is 11.4. The summed E-state index contributed by atoms with van der Waals surface area (Å²) in [6, 6.07) is 2.35. The molecule has 2 bridgehead atoms. The van der Waals surface area contributed by atoms with E-state index in [9.17, 15) is 5.11 Å². The second-order valence-electron chi connectivity index (χ2n) is 5.97. The quantitative estimate of drug-likeness (QED) is 0.786. The summed E-state index contributed by atoms with van der Waals surface area (Å²) in [6.45, 7) is 3.26. The van der Waals surface area contributed by atoms with Crippen LogP contribution in [0.25, 0.3) is 5.65 Å². The zero-order chi connectivity index (χ0) is 13.7. The molecule has 2 atom stereocenters. The Hall–Kier alpha value is -1.50. The van der Waals surface area contributed by atoms with E-state index in [1.807, 2.05) is 19.2 Å². The number of aryl methyl sites for hydroxylation is 1. The molecule has 2 aromatic rings. The molecule has 2 unspecified atom stereocenters. The summed E-state index contributed by atoms with van der Waals surface area (Å²) < 4.78 is 7.28. The third-order valence-corrected chi connectivity index (χ3v) is 4.25. The van der Waals surface area contributed by atoms with Crippen LogP contribution in [-0.4, -0.2) is 45.0 Å². The Bertz CT molecular complexity index is 642. The van der Waals surface area contributed by atoms with Gasteiger partial charge < -0.3 is 15.2 Å². The maximum Gasteiger partial charge on any atom is 0.155 e. The highest BCUT2D eigenvalue weighted by Gasteiger charge is 2.42. The van der Waals surface area contributed by atoms with Gasteiger partial charge in [-0.3, -0.25) is 0 Å². The maximum atomic E-state index is 11.0. The molecule has 2 aromatic heterocycles. The molecule has 0 aliphatic carbocycles. The molecule has 6 heteroatoms. The molecule has 20 heavy (non-hydrogen) atoms. The molecule has 4 rings (SSSR count). The lowest BCUT2D eigenvalue weighted by Crippen LogP contribution is -2.58. The van der Waals surface area contributed by atoms with Crippen LogP contribution in [0.2, 0.25) is 0 Å². The maximum absolute atomic E-state index is 11.0. The highest BCUT2D eigenvalue weighted by molar-refractivity contribution is 5.40. The fraction of sp³-hybridized carbons (Fsp3) is 0.571. The van der Waals surface area contributed by atoms with Gasteiger partial charge in [0.1, 0.15) is 0 Å². The van der Waals surface area contributed by atoms with E-state index in [2.05, 4.69) is 15.4 Å². The monoisotopic (exact) mass is 274 g/mol. The second kappa shape index (κ2) is 4.25. The molecular formula is C14H18N4O2. The van der Waals surface area contributed by atoms with Crippen LogP contribution in [-0.2, 0) is 10.3 Å². The topological polar surface area (TPSA) is 71.7 Å². The Morgan fingerprint density at radius 2 is 2.15 bits per heavy atom. The number of rotatable bonds is 1. The summed E-state index contributed by atoms with van der Waals surface area (Å²) in [4.78, 5) is 4.41. The van der Waals surface area contributed by atoms with Gasteiger partial charge in [-0.05, 0) is 19.8 Å². The smallest absolute Gasteiger partial charge is 0.155 e. The number of hydrogen-bond donors (Lipinski definition) is 2. The molecule has 0 saturated carbocycles. The number of ether oxygens (including phenoxy) is 1. The van der Waals surface area contributed by atoms with Crippen LogP contribution >= 0.6 is 0 Å². The van der Waals surface area contributed by atoms with E-state index in [0.29, 0.717) is 26.1 Å². The van der Waals surface area contributed by atoms with Crippen molar-refractivity contribution in [3.8, 4) is 0 Å². The molecule has 2 aliphatic rings. The van der Waals surface area contributed by atoms with Crippen LogP contribution < -0.4 is 5.32 Å². The molecule has 106 valence electrons. The van der Waals surface area contributed by atoms with Crippen molar-refractivity contribution in [1.29, 1.82) is 0 Å². The van der Waals surface area contributed by atoms with E-state index >= 15 is 0 Å². The predicted molar refractivity (Wildman–Crippen MR) is 72.4 cm³/mol. The van der Waals surface area contributed by atoms with Crippen LogP contribution in [0.3, 0.4) is 0 Å². The Balaban J connectivity index is 1.73. The van der Waals surface area contributed by atoms with Crippen molar-refractivity contribution >= 4 is 5.65 Å². The average molecular weight is 274 g/mol. The van der Waals surface area contributed by atoms with E-state index in [-0.39, 0.29) is 12.1 Å². The lowest BCUT2D eigenvalue weighted by molar-refractivity contribution is -0.0805. The second-order valence-corrected chi connectivity index (χ2v) is 5.97. The average Bonchev–Trinajstić information content (AvgIpc) is 2.77. The van der Waals surface area contributed by atoms with Crippen LogP contribution in [0.1, 0.15) is 24.1 Å². The van der Waals surface area contributed by atoms with Crippen LogP contribution in [0, 0.1) is 6.92 Å². The number of aromatic nitrogens is 3. The predicted octanol–water partition coefficient (Wildman–Crippen LogP) is 0.376. The lowest BCUT2D eigenvalue weighted by atomic mass is 9.79. The van der Waals surface area contributed by atoms with Gasteiger partial charge in [0.05, 0.1) is 24.5 Å². The van der Waals surface area contributed by atoms with Gasteiger partial charge in [-0.2, -0.15) is 5.10 Å². The Labute approximate surface area is 116 Å². The number of morpholine rings is 1. The lowest BCUT2D eigenvalue weighted by Gasteiger charge is -2.44. The van der Waals surface area contributed by atoms with Gasteiger partial charge in [-0.25, -0.2) is 9.50 Å². The largest absolute Gasteiger partial charge is 0.385 e. The first-order valence-electron chi connectivity index (χ1n) is 7.01. The molecule has 0 aromatic carbocycles. The fourth-order valence-corrected chi connectivity index (χ4v) is 3.39. The van der Waals surface area contributed by atoms with E-state index in [4.69, 9.17) is 4.74 Å². The van der Waals surface area contributed by atoms with E-state index in [1.54, 1.807) is 10.7 Å². The van der Waals surface area contributed by atoms with Gasteiger partial charge in [0.2, 0.25) is 0 Å². The third kappa shape index (κ3) is 1.91. The minimum Gasteiger partial charge on any atom is -0.385 e. The molecule has 4 heterocycles. The summed E-state index contributed by atoms with van der Waals surface area (Å²) >= 11 is 0. The first-order chi connectivity index (χ1) is 9.62. The third-order valence-electron chi connectivity index (χ3n) is 4.25. The van der Waals surface area contributed by atoms with Crippen molar-refractivity contribution in [3.05, 3.63) is 29.7 Å². The molecule has 0 spiro atoms. The van der Waals surface area contributed by atoms with E-state index in [0.717, 1.165) is 16.9 Å². The van der Waals surface area contributed by atoms with Gasteiger partial charge in [-0.1, -0.05) is 0 Å². The number of hydrogen-bond acceptors (Lipinski definition) is 5. The minimum absolute atomic E-state index is 0.211. The zero-order valence-corrected chi connectivity index (χ0v) is 11.4. The Kier molecular flexibility index (Phi) is 2.60. The molecule has 2 fully saturated rings. The standard InChI is InChI=1S/C14H18N4O2/c1-9-2-13-15-5-10(6-18(13)17-9)14(19)3-11-7-20-8-12(4-14)16-11/h2,5-6,11-12,16,19H,3-4,7-8H2,1H3. The molecule has 2 N–H and O–H groups in total. The summed E-state index contributed by atoms with van der Waals surface area (Å²) in [6.07, 6.45) is 4.98. The summed E-state index contributed by atoms with van der Waals surface area (Å²) in [5.41, 5.74) is 1.74. The van der Waals surface area contributed by atoms with E-state index < -0.39 is 5.60 Å². The molecule has 2 saturated heterocycles. The number of aliphatic hydroxyl groups is 1. The number of nitrogens with zero attached hydrogens (tertiary/aromatic N) is 3. The SMILES string of the molecule is Cc1cc2ncc(C3(O)CC4COCC(C3)N4)cn2n1. The fourth-order valence-electron chi connectivity index (χ4n) is 3.39.